The van der Waals surface area contributed by atoms with Crippen LogP contribution in [0, 0.1) is 0 Å². The molecule has 2 rings (SSSR count). The first kappa shape index (κ1) is 21.2. The molecular formula is C22H26O6. The lowest BCUT2D eigenvalue weighted by Gasteiger charge is -2.15. The second-order valence-electron chi connectivity index (χ2n) is 5.97. The first-order chi connectivity index (χ1) is 13.6. The fourth-order valence-corrected chi connectivity index (χ4v) is 2.83. The third-order valence-corrected chi connectivity index (χ3v) is 4.38. The molecule has 0 aromatic heterocycles. The van der Waals surface area contributed by atoms with Gasteiger partial charge in [-0.3, -0.25) is 4.79 Å². The van der Waals surface area contributed by atoms with Crippen molar-refractivity contribution in [1.82, 2.24) is 0 Å². The van der Waals surface area contributed by atoms with E-state index < -0.39 is 0 Å². The molecule has 0 aliphatic heterocycles. The first-order valence-electron chi connectivity index (χ1n) is 8.75. The SMILES string of the molecule is COC(=O)C[C@@H](/C=C/c1ccc(OC)c(OC)c1)c1ccc(OC)c(OC)c1. The van der Waals surface area contributed by atoms with Gasteiger partial charge in [0, 0.05) is 5.92 Å². The van der Waals surface area contributed by atoms with Gasteiger partial charge in [-0.1, -0.05) is 24.3 Å². The Kier molecular flexibility index (Phi) is 7.75. The van der Waals surface area contributed by atoms with Gasteiger partial charge >= 0.3 is 5.97 Å². The van der Waals surface area contributed by atoms with E-state index in [1.165, 1.54) is 7.11 Å². The number of benzene rings is 2. The Hall–Kier alpha value is -3.15. The highest BCUT2D eigenvalue weighted by atomic mass is 16.5. The molecule has 0 heterocycles. The lowest BCUT2D eigenvalue weighted by Crippen LogP contribution is -2.07. The number of carbonyl (C=O) groups is 1. The second kappa shape index (κ2) is 10.3. The van der Waals surface area contributed by atoms with Crippen molar-refractivity contribution in [3.63, 3.8) is 0 Å². The van der Waals surface area contributed by atoms with Crippen LogP contribution in [0.1, 0.15) is 23.5 Å². The van der Waals surface area contributed by atoms with Crippen LogP contribution in [0.25, 0.3) is 6.08 Å². The number of esters is 1. The minimum Gasteiger partial charge on any atom is -0.493 e. The fraction of sp³-hybridized carbons (Fsp3) is 0.318. The van der Waals surface area contributed by atoms with Gasteiger partial charge in [0.2, 0.25) is 0 Å². The zero-order valence-electron chi connectivity index (χ0n) is 16.9. The number of hydrogen-bond acceptors (Lipinski definition) is 6. The highest BCUT2D eigenvalue weighted by Crippen LogP contribution is 2.33. The molecule has 0 fully saturated rings. The van der Waals surface area contributed by atoms with E-state index in [1.54, 1.807) is 28.4 Å². The van der Waals surface area contributed by atoms with Crippen molar-refractivity contribution in [2.75, 3.05) is 35.5 Å². The smallest absolute Gasteiger partial charge is 0.306 e. The van der Waals surface area contributed by atoms with Crippen molar-refractivity contribution in [3.8, 4) is 23.0 Å². The summed E-state index contributed by atoms with van der Waals surface area (Å²) >= 11 is 0. The maximum absolute atomic E-state index is 11.9. The predicted octanol–water partition coefficient (Wildman–Crippen LogP) is 4.08. The number of allylic oxidation sites excluding steroid dienone is 1. The van der Waals surface area contributed by atoms with E-state index in [1.807, 2.05) is 48.6 Å². The maximum Gasteiger partial charge on any atom is 0.306 e. The molecule has 0 radical (unpaired) electrons. The van der Waals surface area contributed by atoms with Crippen LogP contribution < -0.4 is 18.9 Å². The molecule has 2 aromatic carbocycles. The molecule has 0 spiro atoms. The van der Waals surface area contributed by atoms with Crippen molar-refractivity contribution < 1.29 is 28.5 Å². The molecular weight excluding hydrogens is 360 g/mol. The van der Waals surface area contributed by atoms with Crippen LogP contribution in [0.2, 0.25) is 0 Å². The van der Waals surface area contributed by atoms with Crippen molar-refractivity contribution in [2.45, 2.75) is 12.3 Å². The van der Waals surface area contributed by atoms with Gasteiger partial charge in [0.15, 0.2) is 23.0 Å². The van der Waals surface area contributed by atoms with E-state index in [-0.39, 0.29) is 18.3 Å². The van der Waals surface area contributed by atoms with E-state index in [9.17, 15) is 4.79 Å². The average Bonchev–Trinajstić information content (AvgIpc) is 2.75. The van der Waals surface area contributed by atoms with Gasteiger partial charge in [0.05, 0.1) is 42.0 Å². The van der Waals surface area contributed by atoms with Crippen LogP contribution in [0.4, 0.5) is 0 Å². The molecule has 6 heteroatoms. The van der Waals surface area contributed by atoms with E-state index in [4.69, 9.17) is 23.7 Å². The molecule has 0 saturated heterocycles. The summed E-state index contributed by atoms with van der Waals surface area (Å²) in [5, 5.41) is 0. The summed E-state index contributed by atoms with van der Waals surface area (Å²) in [5.74, 6) is 2.05. The van der Waals surface area contributed by atoms with Gasteiger partial charge in [-0.05, 0) is 35.4 Å². The highest BCUT2D eigenvalue weighted by Gasteiger charge is 2.16. The number of hydrogen-bond donors (Lipinski definition) is 0. The van der Waals surface area contributed by atoms with Crippen molar-refractivity contribution >= 4 is 12.0 Å². The minimum atomic E-state index is -0.295. The largest absolute Gasteiger partial charge is 0.493 e. The van der Waals surface area contributed by atoms with E-state index in [0.29, 0.717) is 23.0 Å². The van der Waals surface area contributed by atoms with Crippen LogP contribution in [0.15, 0.2) is 42.5 Å². The summed E-state index contributed by atoms with van der Waals surface area (Å²) in [5.41, 5.74) is 1.84. The Labute approximate surface area is 165 Å². The van der Waals surface area contributed by atoms with Gasteiger partial charge in [0.1, 0.15) is 0 Å². The number of rotatable bonds is 9. The molecule has 150 valence electrons. The van der Waals surface area contributed by atoms with E-state index in [2.05, 4.69) is 0 Å². The molecule has 0 aliphatic carbocycles. The Balaban J connectivity index is 2.36. The van der Waals surface area contributed by atoms with Crippen molar-refractivity contribution in [3.05, 3.63) is 53.6 Å². The van der Waals surface area contributed by atoms with Crippen molar-refractivity contribution in [2.24, 2.45) is 0 Å². The maximum atomic E-state index is 11.9. The highest BCUT2D eigenvalue weighted by molar-refractivity contribution is 5.71. The zero-order chi connectivity index (χ0) is 20.5. The Morgan fingerprint density at radius 2 is 1.39 bits per heavy atom. The summed E-state index contributed by atoms with van der Waals surface area (Å²) in [6.07, 6.45) is 4.10. The average molecular weight is 386 g/mol. The van der Waals surface area contributed by atoms with Gasteiger partial charge in [0.25, 0.3) is 0 Å². The summed E-state index contributed by atoms with van der Waals surface area (Å²) in [7, 11) is 7.73. The first-order valence-corrected chi connectivity index (χ1v) is 8.75. The summed E-state index contributed by atoms with van der Waals surface area (Å²) in [6, 6.07) is 11.2. The molecule has 2 aromatic rings. The van der Waals surface area contributed by atoms with E-state index in [0.717, 1.165) is 11.1 Å². The van der Waals surface area contributed by atoms with Gasteiger partial charge < -0.3 is 23.7 Å². The molecule has 1 atom stereocenters. The number of carbonyl (C=O) groups excluding carboxylic acids is 1. The monoisotopic (exact) mass is 386 g/mol. The standard InChI is InChI=1S/C22H26O6/c1-24-18-10-7-15(12-20(18)26-3)6-8-17(14-22(23)28-5)16-9-11-19(25-2)21(13-16)27-4/h6-13,17H,14H2,1-5H3/b8-6+/t17-/m1/s1. The van der Waals surface area contributed by atoms with Crippen molar-refractivity contribution in [1.29, 1.82) is 0 Å². The topological polar surface area (TPSA) is 63.2 Å². The Morgan fingerprint density at radius 1 is 0.821 bits per heavy atom. The molecule has 28 heavy (non-hydrogen) atoms. The van der Waals surface area contributed by atoms with Crippen LogP contribution in [0.3, 0.4) is 0 Å². The van der Waals surface area contributed by atoms with Crippen LogP contribution >= 0.6 is 0 Å². The molecule has 0 bridgehead atoms. The molecule has 6 nitrogen and oxygen atoms in total. The third-order valence-electron chi connectivity index (χ3n) is 4.38. The predicted molar refractivity (Wildman–Crippen MR) is 108 cm³/mol. The zero-order valence-corrected chi connectivity index (χ0v) is 16.9. The molecule has 0 amide bonds. The molecule has 0 saturated carbocycles. The molecule has 0 N–H and O–H groups in total. The Bertz CT molecular complexity index is 828. The normalized spacial score (nSPS) is 11.8. The van der Waals surface area contributed by atoms with Gasteiger partial charge in [-0.15, -0.1) is 0 Å². The molecule has 0 unspecified atom stereocenters. The fourth-order valence-electron chi connectivity index (χ4n) is 2.83. The lowest BCUT2D eigenvalue weighted by molar-refractivity contribution is -0.140. The van der Waals surface area contributed by atoms with Gasteiger partial charge in [-0.2, -0.15) is 0 Å². The summed E-state index contributed by atoms with van der Waals surface area (Å²) < 4.78 is 26.1. The van der Waals surface area contributed by atoms with Crippen LogP contribution in [0.5, 0.6) is 23.0 Å². The number of methoxy groups -OCH3 is 5. The number of ether oxygens (including phenoxy) is 5. The Morgan fingerprint density at radius 3 is 1.96 bits per heavy atom. The van der Waals surface area contributed by atoms with Crippen LogP contribution in [-0.2, 0) is 9.53 Å². The quantitative estimate of drug-likeness (QED) is 0.605. The van der Waals surface area contributed by atoms with Gasteiger partial charge in [-0.25, -0.2) is 0 Å². The molecule has 0 aliphatic rings. The summed E-state index contributed by atoms with van der Waals surface area (Å²) in [6.45, 7) is 0. The summed E-state index contributed by atoms with van der Waals surface area (Å²) in [4.78, 5) is 11.9. The lowest BCUT2D eigenvalue weighted by atomic mass is 9.94. The van der Waals surface area contributed by atoms with E-state index >= 15 is 0 Å². The minimum absolute atomic E-state index is 0.194. The van der Waals surface area contributed by atoms with Crippen LogP contribution in [-0.4, -0.2) is 41.5 Å². The second-order valence-corrected chi connectivity index (χ2v) is 5.97. The third kappa shape index (κ3) is 5.19.